The summed E-state index contributed by atoms with van der Waals surface area (Å²) in [6.07, 6.45) is 0.976. The summed E-state index contributed by atoms with van der Waals surface area (Å²) in [5.74, 6) is 1.51. The van der Waals surface area contributed by atoms with Crippen LogP contribution in [-0.2, 0) is 17.8 Å². The van der Waals surface area contributed by atoms with E-state index >= 15 is 0 Å². The summed E-state index contributed by atoms with van der Waals surface area (Å²) in [4.78, 5) is 12.6. The number of nitrogens with zero attached hydrogens (tertiary/aromatic N) is 3. The Labute approximate surface area is 175 Å². The van der Waals surface area contributed by atoms with Crippen LogP contribution in [0.4, 0.5) is 5.69 Å². The smallest absolute Gasteiger partial charge is 0.237 e. The molecule has 0 aliphatic rings. The fourth-order valence-electron chi connectivity index (χ4n) is 2.89. The van der Waals surface area contributed by atoms with Gasteiger partial charge in [-0.2, -0.15) is 0 Å². The Bertz CT molecular complexity index is 952. The Morgan fingerprint density at radius 2 is 1.79 bits per heavy atom. The lowest BCUT2D eigenvalue weighted by molar-refractivity contribution is -0.115. The molecule has 0 radical (unpaired) electrons. The summed E-state index contributed by atoms with van der Waals surface area (Å²) < 4.78 is 7.24. The van der Waals surface area contributed by atoms with Crippen LogP contribution in [0.2, 0.25) is 0 Å². The highest BCUT2D eigenvalue weighted by atomic mass is 32.2. The molecular formula is C22H26N4O2S. The van der Waals surface area contributed by atoms with Crippen LogP contribution in [0.5, 0.6) is 5.75 Å². The summed E-state index contributed by atoms with van der Waals surface area (Å²) in [7, 11) is 1.64. The number of carbonyl (C=O) groups is 1. The van der Waals surface area contributed by atoms with Crippen molar-refractivity contribution in [2.75, 3.05) is 12.4 Å². The number of nitrogens with one attached hydrogen (secondary N) is 1. The van der Waals surface area contributed by atoms with Crippen molar-refractivity contribution in [3.05, 3.63) is 54.1 Å². The lowest BCUT2D eigenvalue weighted by atomic mass is 10.1. The maximum atomic E-state index is 12.6. The molecule has 29 heavy (non-hydrogen) atoms. The average molecular weight is 411 g/mol. The van der Waals surface area contributed by atoms with Gasteiger partial charge in [0, 0.05) is 17.8 Å². The molecule has 1 aromatic heterocycles. The van der Waals surface area contributed by atoms with E-state index in [-0.39, 0.29) is 11.2 Å². The van der Waals surface area contributed by atoms with Crippen LogP contribution >= 0.6 is 11.8 Å². The fourth-order valence-corrected chi connectivity index (χ4v) is 3.81. The number of methoxy groups -OCH3 is 1. The van der Waals surface area contributed by atoms with Crippen LogP contribution < -0.4 is 10.1 Å². The Balaban J connectivity index is 1.71. The van der Waals surface area contributed by atoms with Crippen LogP contribution in [0.3, 0.4) is 0 Å². The van der Waals surface area contributed by atoms with Gasteiger partial charge in [-0.25, -0.2) is 0 Å². The first-order valence-corrected chi connectivity index (χ1v) is 10.6. The SMILES string of the molecule is CCc1ccc(NC(=O)[C@H](C)Sc2nnc(-c3ccc(OC)cc3)n2CC)cc1. The van der Waals surface area contributed by atoms with Crippen LogP contribution in [0.1, 0.15) is 26.3 Å². The number of ether oxygens (including phenoxy) is 1. The first kappa shape index (κ1) is 20.9. The molecule has 1 atom stereocenters. The second kappa shape index (κ2) is 9.60. The number of amides is 1. The molecule has 152 valence electrons. The van der Waals surface area contributed by atoms with E-state index in [1.807, 2.05) is 66.9 Å². The zero-order chi connectivity index (χ0) is 20.8. The van der Waals surface area contributed by atoms with Gasteiger partial charge in [0.15, 0.2) is 11.0 Å². The van der Waals surface area contributed by atoms with Crippen molar-refractivity contribution in [1.29, 1.82) is 0 Å². The van der Waals surface area contributed by atoms with Crippen molar-refractivity contribution in [3.8, 4) is 17.1 Å². The minimum Gasteiger partial charge on any atom is -0.497 e. The van der Waals surface area contributed by atoms with E-state index in [0.717, 1.165) is 34.4 Å². The van der Waals surface area contributed by atoms with E-state index in [4.69, 9.17) is 4.74 Å². The molecule has 0 spiro atoms. The first-order chi connectivity index (χ1) is 14.0. The van der Waals surface area contributed by atoms with Crippen molar-refractivity contribution >= 4 is 23.4 Å². The zero-order valence-electron chi connectivity index (χ0n) is 17.2. The number of benzene rings is 2. The van der Waals surface area contributed by atoms with Gasteiger partial charge in [0.1, 0.15) is 5.75 Å². The van der Waals surface area contributed by atoms with Crippen molar-refractivity contribution < 1.29 is 9.53 Å². The van der Waals surface area contributed by atoms with E-state index in [2.05, 4.69) is 22.4 Å². The Morgan fingerprint density at radius 1 is 1.10 bits per heavy atom. The lowest BCUT2D eigenvalue weighted by Crippen LogP contribution is -2.23. The highest BCUT2D eigenvalue weighted by Crippen LogP contribution is 2.28. The quantitative estimate of drug-likeness (QED) is 0.547. The minimum absolute atomic E-state index is 0.0594. The number of aryl methyl sites for hydroxylation is 1. The highest BCUT2D eigenvalue weighted by molar-refractivity contribution is 8.00. The second-order valence-corrected chi connectivity index (χ2v) is 7.89. The number of hydrogen-bond donors (Lipinski definition) is 1. The molecule has 0 fully saturated rings. The third-order valence-electron chi connectivity index (χ3n) is 4.66. The first-order valence-electron chi connectivity index (χ1n) is 9.69. The van der Waals surface area contributed by atoms with Crippen LogP contribution in [0, 0.1) is 0 Å². The largest absolute Gasteiger partial charge is 0.497 e. The normalized spacial score (nSPS) is 11.9. The number of carbonyl (C=O) groups excluding carboxylic acids is 1. The van der Waals surface area contributed by atoms with E-state index in [1.165, 1.54) is 17.3 Å². The summed E-state index contributed by atoms with van der Waals surface area (Å²) >= 11 is 1.41. The predicted octanol–water partition coefficient (Wildman–Crippen LogP) is 4.66. The molecule has 0 aliphatic heterocycles. The van der Waals surface area contributed by atoms with Gasteiger partial charge < -0.3 is 14.6 Å². The van der Waals surface area contributed by atoms with Crippen LogP contribution in [-0.4, -0.2) is 33.0 Å². The van der Waals surface area contributed by atoms with Crippen LogP contribution in [0.25, 0.3) is 11.4 Å². The van der Waals surface area contributed by atoms with E-state index < -0.39 is 0 Å². The van der Waals surface area contributed by atoms with E-state index in [9.17, 15) is 4.79 Å². The monoisotopic (exact) mass is 410 g/mol. The van der Waals surface area contributed by atoms with Crippen molar-refractivity contribution in [3.63, 3.8) is 0 Å². The zero-order valence-corrected chi connectivity index (χ0v) is 18.0. The fraction of sp³-hybridized carbons (Fsp3) is 0.318. The summed E-state index contributed by atoms with van der Waals surface area (Å²) in [5.41, 5.74) is 3.00. The summed E-state index contributed by atoms with van der Waals surface area (Å²) in [5, 5.41) is 12.1. The molecule has 3 aromatic rings. The molecule has 1 heterocycles. The van der Waals surface area contributed by atoms with Gasteiger partial charge in [0.25, 0.3) is 0 Å². The molecule has 0 saturated heterocycles. The van der Waals surface area contributed by atoms with Crippen molar-refractivity contribution in [2.24, 2.45) is 0 Å². The average Bonchev–Trinajstić information content (AvgIpc) is 3.16. The van der Waals surface area contributed by atoms with Gasteiger partial charge in [-0.15, -0.1) is 10.2 Å². The number of hydrogen-bond acceptors (Lipinski definition) is 5. The number of thioether (sulfide) groups is 1. The predicted molar refractivity (Wildman–Crippen MR) is 117 cm³/mol. The third kappa shape index (κ3) is 4.98. The van der Waals surface area contributed by atoms with Crippen LogP contribution in [0.15, 0.2) is 53.7 Å². The molecule has 1 amide bonds. The highest BCUT2D eigenvalue weighted by Gasteiger charge is 2.20. The molecule has 0 aliphatic carbocycles. The van der Waals surface area contributed by atoms with Gasteiger partial charge in [-0.1, -0.05) is 30.8 Å². The third-order valence-corrected chi connectivity index (χ3v) is 5.74. The number of rotatable bonds is 8. The lowest BCUT2D eigenvalue weighted by Gasteiger charge is -2.13. The van der Waals surface area contributed by atoms with Crippen molar-refractivity contribution in [2.45, 2.75) is 44.1 Å². The molecule has 2 aromatic carbocycles. The topological polar surface area (TPSA) is 69.0 Å². The second-order valence-electron chi connectivity index (χ2n) is 6.58. The Morgan fingerprint density at radius 3 is 2.38 bits per heavy atom. The molecule has 3 rings (SSSR count). The summed E-state index contributed by atoms with van der Waals surface area (Å²) in [6.45, 7) is 6.74. The Kier molecular flexibility index (Phi) is 6.93. The number of aromatic nitrogens is 3. The summed E-state index contributed by atoms with van der Waals surface area (Å²) in [6, 6.07) is 15.6. The van der Waals surface area contributed by atoms with E-state index in [0.29, 0.717) is 6.54 Å². The molecule has 0 unspecified atom stereocenters. The van der Waals surface area contributed by atoms with Gasteiger partial charge in [-0.3, -0.25) is 4.79 Å². The number of anilines is 1. The molecule has 0 bridgehead atoms. The van der Waals surface area contributed by atoms with Gasteiger partial charge in [0.05, 0.1) is 12.4 Å². The van der Waals surface area contributed by atoms with Gasteiger partial charge in [-0.05, 0) is 62.2 Å². The molecule has 6 nitrogen and oxygen atoms in total. The molecular weight excluding hydrogens is 384 g/mol. The maximum absolute atomic E-state index is 12.6. The standard InChI is InChI=1S/C22H26N4O2S/c1-5-16-7-11-18(12-8-16)23-21(27)15(3)29-22-25-24-20(26(22)6-2)17-9-13-19(28-4)14-10-17/h7-15H,5-6H2,1-4H3,(H,23,27)/t15-/m0/s1. The van der Waals surface area contributed by atoms with Crippen molar-refractivity contribution in [1.82, 2.24) is 14.8 Å². The molecule has 0 saturated carbocycles. The van der Waals surface area contributed by atoms with Gasteiger partial charge >= 0.3 is 0 Å². The van der Waals surface area contributed by atoms with Gasteiger partial charge in [0.2, 0.25) is 5.91 Å². The molecule has 1 N–H and O–H groups in total. The molecule has 7 heteroatoms. The maximum Gasteiger partial charge on any atom is 0.237 e. The minimum atomic E-state index is -0.306. The Hall–Kier alpha value is -2.80. The van der Waals surface area contributed by atoms with E-state index in [1.54, 1.807) is 7.11 Å².